The molecule has 1 N–H and O–H groups in total. The predicted molar refractivity (Wildman–Crippen MR) is 70.7 cm³/mol. The number of carbonyl (C=O) groups excluding carboxylic acids is 2. The third-order valence-electron chi connectivity index (χ3n) is 2.56. The van der Waals surface area contributed by atoms with Crippen LogP contribution in [0.4, 0.5) is 10.5 Å². The molecule has 0 aliphatic heterocycles. The molecule has 1 aromatic rings. The van der Waals surface area contributed by atoms with E-state index < -0.39 is 12.1 Å². The van der Waals surface area contributed by atoms with Crippen molar-refractivity contribution in [3.8, 4) is 0 Å². The van der Waals surface area contributed by atoms with Crippen molar-refractivity contribution in [1.82, 2.24) is 0 Å². The number of benzene rings is 1. The average molecular weight is 249 g/mol. The lowest BCUT2D eigenvalue weighted by molar-refractivity contribution is -0.136. The average Bonchev–Trinajstić information content (AvgIpc) is 2.23. The van der Waals surface area contributed by atoms with Gasteiger partial charge < -0.3 is 4.74 Å². The molecule has 1 rings (SSSR count). The molecule has 0 fully saturated rings. The summed E-state index contributed by atoms with van der Waals surface area (Å²) in [6.45, 7) is 7.66. The van der Waals surface area contributed by atoms with Gasteiger partial charge in [0.25, 0.3) is 0 Å². The fourth-order valence-corrected chi connectivity index (χ4v) is 1.86. The Hall–Kier alpha value is -1.84. The van der Waals surface area contributed by atoms with Gasteiger partial charge in [0, 0.05) is 12.1 Å². The standard InChI is InChI=1S/C14H19NO3/c1-5-6-12(16)18-14(17)15-13-10(3)7-9(2)8-11(13)4/h7-8H,5-6H2,1-4H3,(H,15,17). The molecule has 18 heavy (non-hydrogen) atoms. The number of anilines is 1. The van der Waals surface area contributed by atoms with Crippen LogP contribution >= 0.6 is 0 Å². The van der Waals surface area contributed by atoms with E-state index in [0.29, 0.717) is 12.1 Å². The zero-order valence-electron chi connectivity index (χ0n) is 11.3. The Balaban J connectivity index is 2.73. The Morgan fingerprint density at radius 2 is 1.72 bits per heavy atom. The maximum atomic E-state index is 11.5. The minimum atomic E-state index is -0.719. The Kier molecular flexibility index (Phi) is 4.89. The van der Waals surface area contributed by atoms with E-state index in [1.807, 2.05) is 39.8 Å². The molecule has 0 aliphatic carbocycles. The van der Waals surface area contributed by atoms with E-state index in [1.54, 1.807) is 0 Å². The van der Waals surface area contributed by atoms with E-state index in [4.69, 9.17) is 0 Å². The maximum Gasteiger partial charge on any atom is 0.419 e. The molecule has 98 valence electrons. The highest BCUT2D eigenvalue weighted by Gasteiger charge is 2.12. The third kappa shape index (κ3) is 3.87. The lowest BCUT2D eigenvalue weighted by Crippen LogP contribution is -2.19. The molecule has 0 radical (unpaired) electrons. The summed E-state index contributed by atoms with van der Waals surface area (Å²) in [6.07, 6.45) is 0.192. The van der Waals surface area contributed by atoms with Gasteiger partial charge in [-0.05, 0) is 38.3 Å². The number of carbonyl (C=O) groups is 2. The molecule has 0 atom stereocenters. The van der Waals surface area contributed by atoms with Crippen LogP contribution < -0.4 is 5.32 Å². The number of aryl methyl sites for hydroxylation is 3. The largest absolute Gasteiger partial charge is 0.419 e. The van der Waals surface area contributed by atoms with Crippen LogP contribution in [0.25, 0.3) is 0 Å². The third-order valence-corrected chi connectivity index (χ3v) is 2.56. The van der Waals surface area contributed by atoms with Gasteiger partial charge in [-0.3, -0.25) is 10.1 Å². The molecule has 1 amide bonds. The van der Waals surface area contributed by atoms with Gasteiger partial charge in [0.1, 0.15) is 0 Å². The summed E-state index contributed by atoms with van der Waals surface area (Å²) < 4.78 is 4.65. The van der Waals surface area contributed by atoms with E-state index >= 15 is 0 Å². The summed E-state index contributed by atoms with van der Waals surface area (Å²) in [5.74, 6) is -0.502. The van der Waals surface area contributed by atoms with Crippen LogP contribution in [0.1, 0.15) is 36.5 Å². The monoisotopic (exact) mass is 249 g/mol. The molecule has 0 aliphatic rings. The van der Waals surface area contributed by atoms with E-state index in [1.165, 1.54) is 0 Å². The zero-order valence-corrected chi connectivity index (χ0v) is 11.3. The summed E-state index contributed by atoms with van der Waals surface area (Å²) in [4.78, 5) is 22.7. The van der Waals surface area contributed by atoms with Gasteiger partial charge >= 0.3 is 12.1 Å². The van der Waals surface area contributed by atoms with Crippen LogP contribution in [0, 0.1) is 20.8 Å². The topological polar surface area (TPSA) is 55.4 Å². The van der Waals surface area contributed by atoms with Crippen LogP contribution in [0.3, 0.4) is 0 Å². The number of nitrogens with one attached hydrogen (secondary N) is 1. The number of rotatable bonds is 3. The number of hydrogen-bond donors (Lipinski definition) is 1. The van der Waals surface area contributed by atoms with Crippen molar-refractivity contribution >= 4 is 17.7 Å². The molecule has 4 nitrogen and oxygen atoms in total. The smallest absolute Gasteiger partial charge is 0.376 e. The van der Waals surface area contributed by atoms with Crippen molar-refractivity contribution < 1.29 is 14.3 Å². The summed E-state index contributed by atoms with van der Waals surface area (Å²) in [7, 11) is 0. The number of amides is 1. The second-order valence-electron chi connectivity index (χ2n) is 4.41. The van der Waals surface area contributed by atoms with Crippen molar-refractivity contribution in [2.24, 2.45) is 0 Å². The first-order chi connectivity index (χ1) is 8.43. The van der Waals surface area contributed by atoms with Crippen LogP contribution in [-0.4, -0.2) is 12.1 Å². The fourth-order valence-electron chi connectivity index (χ4n) is 1.86. The van der Waals surface area contributed by atoms with E-state index in [-0.39, 0.29) is 6.42 Å². The van der Waals surface area contributed by atoms with Crippen LogP contribution in [0.15, 0.2) is 12.1 Å². The van der Waals surface area contributed by atoms with Gasteiger partial charge in [-0.25, -0.2) is 4.79 Å². The van der Waals surface area contributed by atoms with Crippen LogP contribution in [0.5, 0.6) is 0 Å². The summed E-state index contributed by atoms with van der Waals surface area (Å²) in [5, 5.41) is 2.61. The first-order valence-corrected chi connectivity index (χ1v) is 6.03. The van der Waals surface area contributed by atoms with Crippen molar-refractivity contribution in [3.05, 3.63) is 28.8 Å². The lowest BCUT2D eigenvalue weighted by Gasteiger charge is -2.12. The molecule has 0 spiro atoms. The second kappa shape index (κ2) is 6.19. The van der Waals surface area contributed by atoms with Crippen molar-refractivity contribution in [1.29, 1.82) is 0 Å². The highest BCUT2D eigenvalue weighted by molar-refractivity contribution is 5.94. The quantitative estimate of drug-likeness (QED) is 0.659. The fraction of sp³-hybridized carbons (Fsp3) is 0.429. The Morgan fingerprint density at radius 3 is 2.22 bits per heavy atom. The van der Waals surface area contributed by atoms with Gasteiger partial charge in [-0.15, -0.1) is 0 Å². The Labute approximate surface area is 107 Å². The van der Waals surface area contributed by atoms with E-state index in [9.17, 15) is 9.59 Å². The highest BCUT2D eigenvalue weighted by atomic mass is 16.6. The van der Waals surface area contributed by atoms with Crippen LogP contribution in [0.2, 0.25) is 0 Å². The number of esters is 1. The molecule has 0 aromatic heterocycles. The summed E-state index contributed by atoms with van der Waals surface area (Å²) in [5.41, 5.74) is 3.74. The van der Waals surface area contributed by atoms with Gasteiger partial charge in [-0.2, -0.15) is 0 Å². The molecular weight excluding hydrogens is 230 g/mol. The van der Waals surface area contributed by atoms with Gasteiger partial charge in [0.2, 0.25) is 0 Å². The normalized spacial score (nSPS) is 10.0. The lowest BCUT2D eigenvalue weighted by atomic mass is 10.1. The SMILES string of the molecule is CCCC(=O)OC(=O)Nc1c(C)cc(C)cc1C. The maximum absolute atomic E-state index is 11.5. The number of ether oxygens (including phenoxy) is 1. The Morgan fingerprint density at radius 1 is 1.17 bits per heavy atom. The minimum Gasteiger partial charge on any atom is -0.376 e. The van der Waals surface area contributed by atoms with Gasteiger partial charge in [0.15, 0.2) is 0 Å². The first-order valence-electron chi connectivity index (χ1n) is 6.03. The zero-order chi connectivity index (χ0) is 13.7. The Bertz CT molecular complexity index is 443. The number of hydrogen-bond acceptors (Lipinski definition) is 3. The minimum absolute atomic E-state index is 0.249. The highest BCUT2D eigenvalue weighted by Crippen LogP contribution is 2.22. The molecule has 0 heterocycles. The van der Waals surface area contributed by atoms with Crippen molar-refractivity contribution in [2.75, 3.05) is 5.32 Å². The molecule has 4 heteroatoms. The van der Waals surface area contributed by atoms with E-state index in [0.717, 1.165) is 16.7 Å². The summed E-state index contributed by atoms with van der Waals surface area (Å²) >= 11 is 0. The summed E-state index contributed by atoms with van der Waals surface area (Å²) in [6, 6.07) is 3.94. The molecular formula is C14H19NO3. The molecule has 0 unspecified atom stereocenters. The molecule has 0 saturated heterocycles. The van der Waals surface area contributed by atoms with Crippen molar-refractivity contribution in [2.45, 2.75) is 40.5 Å². The van der Waals surface area contributed by atoms with Crippen molar-refractivity contribution in [3.63, 3.8) is 0 Å². The van der Waals surface area contributed by atoms with Gasteiger partial charge in [-0.1, -0.05) is 24.6 Å². The first kappa shape index (κ1) is 14.2. The van der Waals surface area contributed by atoms with E-state index in [2.05, 4.69) is 10.1 Å². The van der Waals surface area contributed by atoms with Gasteiger partial charge in [0.05, 0.1) is 0 Å². The molecule has 0 bridgehead atoms. The van der Waals surface area contributed by atoms with Crippen LogP contribution in [-0.2, 0) is 9.53 Å². The second-order valence-corrected chi connectivity index (χ2v) is 4.41. The molecule has 1 aromatic carbocycles. The molecule has 0 saturated carbocycles. The predicted octanol–water partition coefficient (Wildman–Crippen LogP) is 3.49.